The Bertz CT molecular complexity index is 1090. The van der Waals surface area contributed by atoms with E-state index in [-0.39, 0.29) is 17.0 Å². The van der Waals surface area contributed by atoms with Crippen molar-refractivity contribution in [1.82, 2.24) is 9.55 Å². The third-order valence-corrected chi connectivity index (χ3v) is 6.42. The number of fused-ring (bicyclic) bond motifs is 1. The second kappa shape index (κ2) is 8.00. The zero-order valence-electron chi connectivity index (χ0n) is 14.9. The van der Waals surface area contributed by atoms with Crippen LogP contribution in [0.4, 0.5) is 10.1 Å². The summed E-state index contributed by atoms with van der Waals surface area (Å²) in [6.45, 7) is 6.17. The minimum atomic E-state index is -0.563. The molecule has 0 bridgehead atoms. The van der Waals surface area contributed by atoms with E-state index in [4.69, 9.17) is 11.6 Å². The third kappa shape index (κ3) is 4.02. The first-order chi connectivity index (χ1) is 12.8. The highest BCUT2D eigenvalue weighted by Gasteiger charge is 2.17. The number of benzene rings is 1. The number of thioether (sulfide) groups is 1. The molecule has 9 heteroatoms. The summed E-state index contributed by atoms with van der Waals surface area (Å²) >= 11 is 8.44. The summed E-state index contributed by atoms with van der Waals surface area (Å²) in [7, 11) is 0. The van der Waals surface area contributed by atoms with Gasteiger partial charge in [0.1, 0.15) is 10.6 Å². The number of thiophene rings is 1. The summed E-state index contributed by atoms with van der Waals surface area (Å²) in [6, 6.07) is 3.95. The monoisotopic (exact) mass is 425 g/mol. The second-order valence-corrected chi connectivity index (χ2v) is 8.45. The number of nitrogens with zero attached hydrogens (tertiary/aromatic N) is 2. The molecule has 0 saturated carbocycles. The summed E-state index contributed by atoms with van der Waals surface area (Å²) in [5.41, 5.74) is 0.863. The number of halogens is 2. The number of hydrogen-bond acceptors (Lipinski definition) is 5. The minimum absolute atomic E-state index is 0.00671. The number of hydrogen-bond donors (Lipinski definition) is 1. The molecule has 1 aromatic carbocycles. The van der Waals surface area contributed by atoms with Crippen molar-refractivity contribution in [1.29, 1.82) is 0 Å². The van der Waals surface area contributed by atoms with E-state index >= 15 is 0 Å². The molecule has 0 saturated heterocycles. The second-order valence-electron chi connectivity index (χ2n) is 5.87. The molecule has 1 amide bonds. The molecule has 2 aromatic heterocycles. The number of carbonyl (C=O) groups is 1. The molecule has 0 radical (unpaired) electrons. The summed E-state index contributed by atoms with van der Waals surface area (Å²) in [5.74, 6) is -0.975. The normalized spacial score (nSPS) is 11.1. The van der Waals surface area contributed by atoms with Gasteiger partial charge in [-0.1, -0.05) is 23.4 Å². The van der Waals surface area contributed by atoms with Gasteiger partial charge in [-0.05, 0) is 44.5 Å². The topological polar surface area (TPSA) is 64.0 Å². The highest BCUT2D eigenvalue weighted by Crippen LogP contribution is 2.28. The first kappa shape index (κ1) is 19.9. The lowest BCUT2D eigenvalue weighted by atomic mass is 10.2. The van der Waals surface area contributed by atoms with Crippen LogP contribution in [0, 0.1) is 19.7 Å². The standard InChI is InChI=1S/C18H17ClFN3O2S2/c1-4-23-17(25)15-9(2)10(3)27-16(15)22-18(23)26-8-14(24)21-13-7-11(19)5-6-12(13)20/h5-7H,4,8H2,1-3H3,(H,21,24). The molecule has 0 aliphatic carbocycles. The van der Waals surface area contributed by atoms with E-state index in [0.717, 1.165) is 22.2 Å². The molecule has 0 fully saturated rings. The van der Waals surface area contributed by atoms with E-state index in [1.165, 1.54) is 29.5 Å². The molecular formula is C18H17ClFN3O2S2. The van der Waals surface area contributed by atoms with Crippen LogP contribution in [-0.4, -0.2) is 21.2 Å². The van der Waals surface area contributed by atoms with Gasteiger partial charge in [-0.25, -0.2) is 9.37 Å². The van der Waals surface area contributed by atoms with E-state index in [0.29, 0.717) is 26.9 Å². The maximum atomic E-state index is 13.7. The maximum absolute atomic E-state index is 13.7. The molecule has 2 heterocycles. The Morgan fingerprint density at radius 2 is 2.15 bits per heavy atom. The molecule has 3 rings (SSSR count). The largest absolute Gasteiger partial charge is 0.323 e. The lowest BCUT2D eigenvalue weighted by Crippen LogP contribution is -2.23. The molecule has 1 N–H and O–H groups in total. The van der Waals surface area contributed by atoms with Gasteiger partial charge in [-0.15, -0.1) is 11.3 Å². The predicted molar refractivity (Wildman–Crippen MR) is 110 cm³/mol. The molecule has 0 atom stereocenters. The van der Waals surface area contributed by atoms with Gasteiger partial charge in [0, 0.05) is 16.4 Å². The van der Waals surface area contributed by atoms with E-state index in [1.807, 2.05) is 20.8 Å². The first-order valence-corrected chi connectivity index (χ1v) is 10.4. The van der Waals surface area contributed by atoms with Crippen LogP contribution < -0.4 is 10.9 Å². The lowest BCUT2D eigenvalue weighted by Gasteiger charge is -2.10. The highest BCUT2D eigenvalue weighted by atomic mass is 35.5. The maximum Gasteiger partial charge on any atom is 0.263 e. The van der Waals surface area contributed by atoms with E-state index in [2.05, 4.69) is 10.3 Å². The number of rotatable bonds is 5. The number of nitrogens with one attached hydrogen (secondary N) is 1. The summed E-state index contributed by atoms with van der Waals surface area (Å²) < 4.78 is 15.3. The molecule has 3 aromatic rings. The number of amides is 1. The van der Waals surface area contributed by atoms with Crippen molar-refractivity contribution in [2.45, 2.75) is 32.5 Å². The molecule has 0 spiro atoms. The fraction of sp³-hybridized carbons (Fsp3) is 0.278. The molecule has 0 unspecified atom stereocenters. The van der Waals surface area contributed by atoms with Gasteiger partial charge in [0.25, 0.3) is 5.56 Å². The Morgan fingerprint density at radius 1 is 1.41 bits per heavy atom. The van der Waals surface area contributed by atoms with Crippen molar-refractivity contribution < 1.29 is 9.18 Å². The average molecular weight is 426 g/mol. The van der Waals surface area contributed by atoms with Crippen LogP contribution in [0.15, 0.2) is 28.2 Å². The van der Waals surface area contributed by atoms with Gasteiger partial charge in [0.15, 0.2) is 5.16 Å². The Kier molecular flexibility index (Phi) is 5.88. The van der Waals surface area contributed by atoms with Gasteiger partial charge in [-0.3, -0.25) is 14.2 Å². The highest BCUT2D eigenvalue weighted by molar-refractivity contribution is 7.99. The lowest BCUT2D eigenvalue weighted by molar-refractivity contribution is -0.113. The molecule has 0 aliphatic rings. The first-order valence-electron chi connectivity index (χ1n) is 8.20. The van der Waals surface area contributed by atoms with Crippen molar-refractivity contribution >= 4 is 56.5 Å². The minimum Gasteiger partial charge on any atom is -0.323 e. The van der Waals surface area contributed by atoms with Crippen molar-refractivity contribution in [3.05, 3.63) is 49.8 Å². The van der Waals surface area contributed by atoms with Crippen LogP contribution in [0.2, 0.25) is 5.02 Å². The SMILES string of the molecule is CCn1c(SCC(=O)Nc2cc(Cl)ccc2F)nc2sc(C)c(C)c2c1=O. The molecular weight excluding hydrogens is 409 g/mol. The Hall–Kier alpha value is -1.90. The fourth-order valence-corrected chi connectivity index (χ4v) is 4.71. The van der Waals surface area contributed by atoms with E-state index in [9.17, 15) is 14.0 Å². The summed E-state index contributed by atoms with van der Waals surface area (Å²) in [5, 5.41) is 3.92. The van der Waals surface area contributed by atoms with Gasteiger partial charge < -0.3 is 5.32 Å². The predicted octanol–water partition coefficient (Wildman–Crippen LogP) is 4.62. The van der Waals surface area contributed by atoms with E-state index in [1.54, 1.807) is 4.57 Å². The third-order valence-electron chi connectivity index (χ3n) is 4.10. The molecule has 27 heavy (non-hydrogen) atoms. The number of carbonyl (C=O) groups excluding carboxylic acids is 1. The molecule has 142 valence electrons. The van der Waals surface area contributed by atoms with Crippen LogP contribution in [-0.2, 0) is 11.3 Å². The molecule has 5 nitrogen and oxygen atoms in total. The van der Waals surface area contributed by atoms with Crippen molar-refractivity contribution in [3.8, 4) is 0 Å². The molecule has 0 aliphatic heterocycles. The summed E-state index contributed by atoms with van der Waals surface area (Å²) in [4.78, 5) is 31.3. The van der Waals surface area contributed by atoms with Gasteiger partial charge >= 0.3 is 0 Å². The zero-order chi connectivity index (χ0) is 19.7. The Labute approximate surface area is 168 Å². The van der Waals surface area contributed by atoms with Crippen molar-refractivity contribution in [2.24, 2.45) is 0 Å². The quantitative estimate of drug-likeness (QED) is 0.478. The van der Waals surface area contributed by atoms with Crippen molar-refractivity contribution in [3.63, 3.8) is 0 Å². The number of aryl methyl sites for hydroxylation is 2. The Balaban J connectivity index is 1.83. The van der Waals surface area contributed by atoms with Gasteiger partial charge in [-0.2, -0.15) is 0 Å². The fourth-order valence-electron chi connectivity index (χ4n) is 2.61. The zero-order valence-corrected chi connectivity index (χ0v) is 17.3. The van der Waals surface area contributed by atoms with Gasteiger partial charge in [0.2, 0.25) is 5.91 Å². The average Bonchev–Trinajstić information content (AvgIpc) is 2.90. The van der Waals surface area contributed by atoms with Crippen LogP contribution in [0.25, 0.3) is 10.2 Å². The van der Waals surface area contributed by atoms with Crippen LogP contribution >= 0.6 is 34.7 Å². The smallest absolute Gasteiger partial charge is 0.263 e. The van der Waals surface area contributed by atoms with Crippen molar-refractivity contribution in [2.75, 3.05) is 11.1 Å². The van der Waals surface area contributed by atoms with Gasteiger partial charge in [0.05, 0.1) is 16.8 Å². The summed E-state index contributed by atoms with van der Waals surface area (Å²) in [6.07, 6.45) is 0. The Morgan fingerprint density at radius 3 is 2.85 bits per heavy atom. The number of aromatic nitrogens is 2. The van der Waals surface area contributed by atoms with Crippen LogP contribution in [0.3, 0.4) is 0 Å². The van der Waals surface area contributed by atoms with Crippen LogP contribution in [0.1, 0.15) is 17.4 Å². The van der Waals surface area contributed by atoms with E-state index < -0.39 is 11.7 Å². The number of anilines is 1. The van der Waals surface area contributed by atoms with Crippen LogP contribution in [0.5, 0.6) is 0 Å².